The highest BCUT2D eigenvalue weighted by atomic mass is 32.2. The molecule has 1 aliphatic rings. The van der Waals surface area contributed by atoms with Gasteiger partial charge in [0, 0.05) is 38.8 Å². The quantitative estimate of drug-likeness (QED) is 0.786. The van der Waals surface area contributed by atoms with Crippen LogP contribution in [0.4, 0.5) is 0 Å². The van der Waals surface area contributed by atoms with Gasteiger partial charge in [0.1, 0.15) is 4.90 Å². The zero-order valence-electron chi connectivity index (χ0n) is 17.2. The number of carbonyl (C=O) groups is 1. The zero-order valence-corrected chi connectivity index (χ0v) is 18.0. The summed E-state index contributed by atoms with van der Waals surface area (Å²) in [6.07, 6.45) is 0.605. The third-order valence-electron chi connectivity index (χ3n) is 5.25. The van der Waals surface area contributed by atoms with Crippen molar-refractivity contribution >= 4 is 15.9 Å². The van der Waals surface area contributed by atoms with Crippen LogP contribution in [0.25, 0.3) is 0 Å². The first kappa shape index (κ1) is 20.5. The van der Waals surface area contributed by atoms with Crippen molar-refractivity contribution in [3.8, 4) is 0 Å². The molecule has 0 spiro atoms. The fourth-order valence-electron chi connectivity index (χ4n) is 3.87. The molecular formula is C20H28N4O3S. The summed E-state index contributed by atoms with van der Waals surface area (Å²) in [5.74, 6) is -0.0419. The van der Waals surface area contributed by atoms with Crippen LogP contribution in [0, 0.1) is 27.7 Å². The van der Waals surface area contributed by atoms with Gasteiger partial charge in [0.2, 0.25) is 10.0 Å². The Morgan fingerprint density at radius 2 is 1.61 bits per heavy atom. The van der Waals surface area contributed by atoms with Crippen LogP contribution in [0.3, 0.4) is 0 Å². The molecule has 0 radical (unpaired) electrons. The maximum absolute atomic E-state index is 13.2. The number of carbonyl (C=O) groups excluding carboxylic acids is 1. The highest BCUT2D eigenvalue weighted by Crippen LogP contribution is 2.24. The molecule has 0 unspecified atom stereocenters. The van der Waals surface area contributed by atoms with E-state index in [1.165, 1.54) is 4.31 Å². The van der Waals surface area contributed by atoms with Crippen molar-refractivity contribution in [1.29, 1.82) is 0 Å². The monoisotopic (exact) mass is 404 g/mol. The van der Waals surface area contributed by atoms with Crippen LogP contribution in [-0.2, 0) is 17.1 Å². The summed E-state index contributed by atoms with van der Waals surface area (Å²) >= 11 is 0. The number of hydrogen-bond acceptors (Lipinski definition) is 4. The summed E-state index contributed by atoms with van der Waals surface area (Å²) in [5.41, 5.74) is 3.89. The van der Waals surface area contributed by atoms with Gasteiger partial charge in [0.05, 0.1) is 11.4 Å². The lowest BCUT2D eigenvalue weighted by molar-refractivity contribution is 0.0764. The summed E-state index contributed by atoms with van der Waals surface area (Å²) < 4.78 is 29.5. The van der Waals surface area contributed by atoms with Crippen LogP contribution < -0.4 is 0 Å². The minimum absolute atomic E-state index is 0.0419. The molecule has 0 N–H and O–H groups in total. The first-order chi connectivity index (χ1) is 13.1. The Kier molecular flexibility index (Phi) is 5.63. The number of hydrogen-bond donors (Lipinski definition) is 0. The second-order valence-electron chi connectivity index (χ2n) is 7.55. The highest BCUT2D eigenvalue weighted by molar-refractivity contribution is 7.89. The van der Waals surface area contributed by atoms with Gasteiger partial charge < -0.3 is 4.90 Å². The Morgan fingerprint density at radius 1 is 0.964 bits per heavy atom. The molecule has 0 aliphatic carbocycles. The zero-order chi connectivity index (χ0) is 20.6. The van der Waals surface area contributed by atoms with Crippen molar-refractivity contribution in [2.75, 3.05) is 26.2 Å². The molecule has 2 heterocycles. The van der Waals surface area contributed by atoms with Gasteiger partial charge in [-0.2, -0.15) is 9.40 Å². The minimum atomic E-state index is -3.64. The lowest BCUT2D eigenvalue weighted by Gasteiger charge is -2.22. The Balaban J connectivity index is 1.80. The number of amides is 1. The third kappa shape index (κ3) is 3.84. The number of nitrogens with zero attached hydrogens (tertiary/aromatic N) is 4. The number of rotatable bonds is 3. The molecule has 8 heteroatoms. The number of aryl methyl sites for hydroxylation is 4. The number of benzene rings is 1. The third-order valence-corrected chi connectivity index (χ3v) is 7.40. The standard InChI is InChI=1S/C20H28N4O3S/c1-14-11-15(2)13-18(12-14)20(25)23-7-6-8-24(10-9-23)28(26,27)19-16(3)21-22(5)17(19)4/h11-13H,6-10H2,1-5H3. The predicted octanol–water partition coefficient (Wildman–Crippen LogP) is 2.19. The van der Waals surface area contributed by atoms with E-state index in [2.05, 4.69) is 5.10 Å². The Hall–Kier alpha value is -2.19. The van der Waals surface area contributed by atoms with Crippen molar-refractivity contribution in [2.24, 2.45) is 7.05 Å². The van der Waals surface area contributed by atoms with Crippen LogP contribution in [0.5, 0.6) is 0 Å². The Morgan fingerprint density at radius 3 is 2.18 bits per heavy atom. The Bertz CT molecular complexity index is 990. The van der Waals surface area contributed by atoms with E-state index in [9.17, 15) is 13.2 Å². The molecule has 1 saturated heterocycles. The molecule has 1 aromatic carbocycles. The number of sulfonamides is 1. The van der Waals surface area contributed by atoms with E-state index >= 15 is 0 Å². The smallest absolute Gasteiger partial charge is 0.253 e. The van der Waals surface area contributed by atoms with Gasteiger partial charge in [-0.05, 0) is 46.2 Å². The van der Waals surface area contributed by atoms with Crippen LogP contribution in [0.15, 0.2) is 23.1 Å². The summed E-state index contributed by atoms with van der Waals surface area (Å²) in [5, 5.41) is 4.24. The first-order valence-corrected chi connectivity index (χ1v) is 10.9. The molecular weight excluding hydrogens is 376 g/mol. The fraction of sp³-hybridized carbons (Fsp3) is 0.500. The van der Waals surface area contributed by atoms with E-state index < -0.39 is 10.0 Å². The average molecular weight is 405 g/mol. The van der Waals surface area contributed by atoms with Gasteiger partial charge in [0.25, 0.3) is 5.91 Å². The van der Waals surface area contributed by atoms with Crippen LogP contribution in [0.1, 0.15) is 39.3 Å². The Labute approximate surface area is 167 Å². The van der Waals surface area contributed by atoms with E-state index in [-0.39, 0.29) is 17.3 Å². The maximum Gasteiger partial charge on any atom is 0.253 e. The molecule has 0 atom stereocenters. The molecule has 28 heavy (non-hydrogen) atoms. The SMILES string of the molecule is Cc1cc(C)cc(C(=O)N2CCCN(S(=O)(=O)c3c(C)nn(C)c3C)CC2)c1. The van der Waals surface area contributed by atoms with Crippen molar-refractivity contribution in [3.05, 3.63) is 46.3 Å². The molecule has 1 amide bonds. The van der Waals surface area contributed by atoms with Gasteiger partial charge in [-0.3, -0.25) is 9.48 Å². The minimum Gasteiger partial charge on any atom is -0.337 e. The average Bonchev–Trinajstić information content (AvgIpc) is 2.79. The van der Waals surface area contributed by atoms with E-state index in [1.807, 2.05) is 32.0 Å². The molecule has 1 fully saturated rings. The summed E-state index contributed by atoms with van der Waals surface area (Å²) in [7, 11) is -1.90. The second-order valence-corrected chi connectivity index (χ2v) is 9.42. The largest absolute Gasteiger partial charge is 0.337 e. The van der Waals surface area contributed by atoms with Crippen molar-refractivity contribution < 1.29 is 13.2 Å². The summed E-state index contributed by atoms with van der Waals surface area (Å²) in [6, 6.07) is 5.81. The molecule has 2 aromatic rings. The van der Waals surface area contributed by atoms with Crippen LogP contribution in [-0.4, -0.2) is 59.5 Å². The van der Waals surface area contributed by atoms with Crippen LogP contribution >= 0.6 is 0 Å². The molecule has 0 saturated carbocycles. The van der Waals surface area contributed by atoms with Gasteiger partial charge >= 0.3 is 0 Å². The summed E-state index contributed by atoms with van der Waals surface area (Å²) in [4.78, 5) is 15.0. The maximum atomic E-state index is 13.2. The first-order valence-electron chi connectivity index (χ1n) is 9.49. The van der Waals surface area contributed by atoms with Gasteiger partial charge in [-0.15, -0.1) is 0 Å². The van der Waals surface area contributed by atoms with E-state index in [4.69, 9.17) is 0 Å². The lowest BCUT2D eigenvalue weighted by atomic mass is 10.1. The molecule has 7 nitrogen and oxygen atoms in total. The van der Waals surface area contributed by atoms with Gasteiger partial charge in [-0.25, -0.2) is 8.42 Å². The van der Waals surface area contributed by atoms with E-state index in [0.717, 1.165) is 11.1 Å². The fourth-order valence-corrected chi connectivity index (χ4v) is 5.74. The molecule has 152 valence electrons. The summed E-state index contributed by atoms with van der Waals surface area (Å²) in [6.45, 7) is 9.03. The normalized spacial score (nSPS) is 16.2. The molecule has 3 rings (SSSR count). The molecule has 0 bridgehead atoms. The molecule has 1 aromatic heterocycles. The van der Waals surface area contributed by atoms with Crippen molar-refractivity contribution in [3.63, 3.8) is 0 Å². The predicted molar refractivity (Wildman–Crippen MR) is 108 cm³/mol. The lowest BCUT2D eigenvalue weighted by Crippen LogP contribution is -2.37. The van der Waals surface area contributed by atoms with E-state index in [1.54, 1.807) is 30.5 Å². The highest BCUT2D eigenvalue weighted by Gasteiger charge is 2.32. The van der Waals surface area contributed by atoms with Crippen molar-refractivity contribution in [1.82, 2.24) is 19.0 Å². The van der Waals surface area contributed by atoms with Gasteiger partial charge in [0.15, 0.2) is 0 Å². The second kappa shape index (κ2) is 7.67. The molecule has 1 aliphatic heterocycles. The van der Waals surface area contributed by atoms with Gasteiger partial charge in [-0.1, -0.05) is 17.2 Å². The van der Waals surface area contributed by atoms with E-state index in [0.29, 0.717) is 43.0 Å². The number of aromatic nitrogens is 2. The van der Waals surface area contributed by atoms with Crippen molar-refractivity contribution in [2.45, 2.75) is 39.0 Å². The topological polar surface area (TPSA) is 75.5 Å². The van der Waals surface area contributed by atoms with Crippen LogP contribution in [0.2, 0.25) is 0 Å².